The van der Waals surface area contributed by atoms with Gasteiger partial charge in [0.1, 0.15) is 12.4 Å². The van der Waals surface area contributed by atoms with E-state index in [-0.39, 0.29) is 17.8 Å². The van der Waals surface area contributed by atoms with Gasteiger partial charge in [-0.25, -0.2) is 4.79 Å². The molecular formula is C18H21NO3. The normalized spacial score (nSPS) is 11.0. The monoisotopic (exact) mass is 299 g/mol. The third-order valence-electron chi connectivity index (χ3n) is 3.54. The number of hydrogen-bond acceptors (Lipinski definition) is 3. The lowest BCUT2D eigenvalue weighted by atomic mass is 9.84. The quantitative estimate of drug-likeness (QED) is 0.887. The molecule has 1 amide bonds. The number of amides is 1. The van der Waals surface area contributed by atoms with E-state index in [0.29, 0.717) is 6.54 Å². The van der Waals surface area contributed by atoms with Crippen molar-refractivity contribution in [2.24, 2.45) is 0 Å². The Bertz CT molecular complexity index is 606. The number of carbonyl (C=O) groups is 1. The van der Waals surface area contributed by atoms with Crippen LogP contribution >= 0.6 is 0 Å². The van der Waals surface area contributed by atoms with E-state index in [4.69, 9.17) is 4.74 Å². The zero-order valence-electron chi connectivity index (χ0n) is 12.9. The summed E-state index contributed by atoms with van der Waals surface area (Å²) in [6.45, 7) is 4.76. The molecule has 0 fully saturated rings. The zero-order chi connectivity index (χ0) is 16.0. The van der Waals surface area contributed by atoms with Crippen molar-refractivity contribution in [1.29, 1.82) is 0 Å². The Morgan fingerprint density at radius 2 is 1.73 bits per heavy atom. The minimum absolute atomic E-state index is 0.231. The number of phenols is 1. The van der Waals surface area contributed by atoms with Crippen molar-refractivity contribution >= 4 is 6.09 Å². The summed E-state index contributed by atoms with van der Waals surface area (Å²) in [6, 6.07) is 16.5. The molecule has 0 aliphatic carbocycles. The Labute approximate surface area is 130 Å². The zero-order valence-corrected chi connectivity index (χ0v) is 12.9. The molecule has 0 saturated heterocycles. The highest BCUT2D eigenvalue weighted by Gasteiger charge is 2.21. The van der Waals surface area contributed by atoms with Crippen molar-refractivity contribution in [2.45, 2.75) is 25.9 Å². The number of ether oxygens (including phenoxy) is 1. The van der Waals surface area contributed by atoms with Gasteiger partial charge in [0, 0.05) is 12.0 Å². The Kier molecular flexibility index (Phi) is 5.04. The molecule has 0 atom stereocenters. The van der Waals surface area contributed by atoms with Gasteiger partial charge in [-0.3, -0.25) is 0 Å². The molecule has 4 nitrogen and oxygen atoms in total. The van der Waals surface area contributed by atoms with Crippen LogP contribution in [0.3, 0.4) is 0 Å². The number of carbonyl (C=O) groups excluding carboxylic acids is 1. The van der Waals surface area contributed by atoms with E-state index in [2.05, 4.69) is 5.32 Å². The molecule has 0 aliphatic heterocycles. The average molecular weight is 299 g/mol. The van der Waals surface area contributed by atoms with Crippen LogP contribution in [-0.4, -0.2) is 17.7 Å². The predicted octanol–water partition coefficient (Wildman–Crippen LogP) is 3.60. The SMILES string of the molecule is CC(C)(CNC(=O)OCc1ccccc1)c1ccc(O)cc1. The van der Waals surface area contributed by atoms with Gasteiger partial charge in [-0.15, -0.1) is 0 Å². The summed E-state index contributed by atoms with van der Waals surface area (Å²) in [7, 11) is 0. The van der Waals surface area contributed by atoms with E-state index in [9.17, 15) is 9.90 Å². The molecule has 0 aromatic heterocycles. The van der Waals surface area contributed by atoms with Crippen molar-refractivity contribution in [3.8, 4) is 5.75 Å². The second-order valence-electron chi connectivity index (χ2n) is 5.85. The van der Waals surface area contributed by atoms with Crippen molar-refractivity contribution in [3.63, 3.8) is 0 Å². The molecular weight excluding hydrogens is 278 g/mol. The Morgan fingerprint density at radius 1 is 1.09 bits per heavy atom. The van der Waals surface area contributed by atoms with E-state index >= 15 is 0 Å². The third-order valence-corrected chi connectivity index (χ3v) is 3.54. The highest BCUT2D eigenvalue weighted by atomic mass is 16.5. The molecule has 0 spiro atoms. The summed E-state index contributed by atoms with van der Waals surface area (Å²) < 4.78 is 5.19. The molecule has 0 saturated carbocycles. The molecule has 0 heterocycles. The van der Waals surface area contributed by atoms with Gasteiger partial charge in [0.2, 0.25) is 0 Å². The molecule has 0 unspecified atom stereocenters. The molecule has 0 radical (unpaired) electrons. The highest BCUT2D eigenvalue weighted by Crippen LogP contribution is 2.24. The number of rotatable bonds is 5. The number of phenolic OH excluding ortho intramolecular Hbond substituents is 1. The highest BCUT2D eigenvalue weighted by molar-refractivity contribution is 5.67. The van der Waals surface area contributed by atoms with E-state index in [1.165, 1.54) is 0 Å². The first-order valence-corrected chi connectivity index (χ1v) is 7.21. The standard InChI is InChI=1S/C18H21NO3/c1-18(2,15-8-10-16(20)11-9-15)13-19-17(21)22-12-14-6-4-3-5-7-14/h3-11,20H,12-13H2,1-2H3,(H,19,21). The third kappa shape index (κ3) is 4.52. The van der Waals surface area contributed by atoms with Crippen LogP contribution in [0.15, 0.2) is 54.6 Å². The van der Waals surface area contributed by atoms with Crippen LogP contribution in [0.4, 0.5) is 4.79 Å². The van der Waals surface area contributed by atoms with Crippen molar-refractivity contribution in [2.75, 3.05) is 6.54 Å². The van der Waals surface area contributed by atoms with Gasteiger partial charge in [-0.1, -0.05) is 56.3 Å². The maximum Gasteiger partial charge on any atom is 0.407 e. The fourth-order valence-corrected chi connectivity index (χ4v) is 2.08. The van der Waals surface area contributed by atoms with E-state index in [0.717, 1.165) is 11.1 Å². The maximum absolute atomic E-state index is 11.8. The topological polar surface area (TPSA) is 58.6 Å². The van der Waals surface area contributed by atoms with E-state index in [1.54, 1.807) is 12.1 Å². The minimum atomic E-state index is -0.435. The van der Waals surface area contributed by atoms with Crippen LogP contribution in [-0.2, 0) is 16.8 Å². The lowest BCUT2D eigenvalue weighted by Gasteiger charge is -2.25. The van der Waals surface area contributed by atoms with Gasteiger partial charge in [0.15, 0.2) is 0 Å². The summed E-state index contributed by atoms with van der Waals surface area (Å²) in [5.74, 6) is 0.231. The fourth-order valence-electron chi connectivity index (χ4n) is 2.08. The van der Waals surface area contributed by atoms with Crippen LogP contribution in [0.2, 0.25) is 0 Å². The largest absolute Gasteiger partial charge is 0.508 e. The van der Waals surface area contributed by atoms with Gasteiger partial charge in [-0.2, -0.15) is 0 Å². The second kappa shape index (κ2) is 6.98. The first-order valence-electron chi connectivity index (χ1n) is 7.21. The second-order valence-corrected chi connectivity index (χ2v) is 5.85. The van der Waals surface area contributed by atoms with Crippen molar-refractivity contribution in [3.05, 3.63) is 65.7 Å². The van der Waals surface area contributed by atoms with Gasteiger partial charge < -0.3 is 15.2 Å². The molecule has 116 valence electrons. The lowest BCUT2D eigenvalue weighted by Crippen LogP contribution is -2.36. The molecule has 22 heavy (non-hydrogen) atoms. The van der Waals surface area contributed by atoms with E-state index < -0.39 is 6.09 Å². The summed E-state index contributed by atoms with van der Waals surface area (Å²) in [4.78, 5) is 11.8. The lowest BCUT2D eigenvalue weighted by molar-refractivity contribution is 0.137. The molecule has 2 aromatic carbocycles. The Morgan fingerprint density at radius 3 is 2.36 bits per heavy atom. The smallest absolute Gasteiger partial charge is 0.407 e. The van der Waals surface area contributed by atoms with Crippen molar-refractivity contribution in [1.82, 2.24) is 5.32 Å². The summed E-state index contributed by atoms with van der Waals surface area (Å²) in [5, 5.41) is 12.1. The van der Waals surface area contributed by atoms with Gasteiger partial charge in [-0.05, 0) is 23.3 Å². The predicted molar refractivity (Wildman–Crippen MR) is 85.8 cm³/mol. The van der Waals surface area contributed by atoms with Crippen LogP contribution in [0.25, 0.3) is 0 Å². The molecule has 4 heteroatoms. The van der Waals surface area contributed by atoms with Gasteiger partial charge >= 0.3 is 6.09 Å². The van der Waals surface area contributed by atoms with Crippen LogP contribution < -0.4 is 5.32 Å². The minimum Gasteiger partial charge on any atom is -0.508 e. The summed E-state index contributed by atoms with van der Waals surface area (Å²) in [6.07, 6.45) is -0.435. The molecule has 2 N–H and O–H groups in total. The van der Waals surface area contributed by atoms with Crippen molar-refractivity contribution < 1.29 is 14.6 Å². The molecule has 0 aliphatic rings. The number of benzene rings is 2. The average Bonchev–Trinajstić information content (AvgIpc) is 2.52. The van der Waals surface area contributed by atoms with Crippen LogP contribution in [0, 0.1) is 0 Å². The number of hydrogen-bond donors (Lipinski definition) is 2. The molecule has 2 aromatic rings. The number of alkyl carbamates (subject to hydrolysis) is 1. The molecule has 0 bridgehead atoms. The van der Waals surface area contributed by atoms with Gasteiger partial charge in [0.25, 0.3) is 0 Å². The van der Waals surface area contributed by atoms with Crippen LogP contribution in [0.1, 0.15) is 25.0 Å². The maximum atomic E-state index is 11.8. The number of aromatic hydroxyl groups is 1. The summed E-state index contributed by atoms with van der Waals surface area (Å²) in [5.41, 5.74) is 1.74. The first kappa shape index (κ1) is 15.9. The van der Waals surface area contributed by atoms with E-state index in [1.807, 2.05) is 56.3 Å². The fraction of sp³-hybridized carbons (Fsp3) is 0.278. The Hall–Kier alpha value is -2.49. The Balaban J connectivity index is 1.83. The van der Waals surface area contributed by atoms with Gasteiger partial charge in [0.05, 0.1) is 0 Å². The molecule has 2 rings (SSSR count). The summed E-state index contributed by atoms with van der Waals surface area (Å²) >= 11 is 0. The van der Waals surface area contributed by atoms with Crippen LogP contribution in [0.5, 0.6) is 5.75 Å². The number of nitrogens with one attached hydrogen (secondary N) is 1. The first-order chi connectivity index (χ1) is 10.5.